The molecule has 1 aromatic heterocycles. The second-order valence-electron chi connectivity index (χ2n) is 6.19. The predicted octanol–water partition coefficient (Wildman–Crippen LogP) is 5.92. The number of hydrogen-bond donors (Lipinski definition) is 0. The van der Waals surface area contributed by atoms with E-state index < -0.39 is 18.4 Å². The number of aromatic nitrogens is 1. The number of halogens is 1. The van der Waals surface area contributed by atoms with Gasteiger partial charge >= 0.3 is 130 Å². The average molecular weight is 400 g/mol. The SMILES string of the molecule is CC(C)=[C](/C=C\C(=C(/C)F)c1cnc(C)s1)[Sn]([CH3])([CH3])[CH3]. The quantitative estimate of drug-likeness (QED) is 0.452. The van der Waals surface area contributed by atoms with Crippen molar-refractivity contribution in [2.75, 3.05) is 0 Å². The minimum absolute atomic E-state index is 0.151. The normalized spacial score (nSPS) is 13.6. The van der Waals surface area contributed by atoms with Gasteiger partial charge in [0.15, 0.2) is 0 Å². The van der Waals surface area contributed by atoms with Crippen molar-refractivity contribution in [2.45, 2.75) is 42.5 Å². The molecule has 0 atom stereocenters. The molecule has 1 rings (SSSR count). The molecule has 0 N–H and O–H groups in total. The summed E-state index contributed by atoms with van der Waals surface area (Å²) >= 11 is -0.627. The molecule has 0 unspecified atom stereocenters. The van der Waals surface area contributed by atoms with Gasteiger partial charge in [0.25, 0.3) is 0 Å². The molecule has 0 aliphatic rings. The van der Waals surface area contributed by atoms with Gasteiger partial charge in [0, 0.05) is 0 Å². The second-order valence-corrected chi connectivity index (χ2v) is 21.8. The Morgan fingerprint density at radius 1 is 1.20 bits per heavy atom. The second kappa shape index (κ2) is 7.03. The molecule has 0 aromatic carbocycles. The van der Waals surface area contributed by atoms with Crippen LogP contribution in [0, 0.1) is 6.92 Å². The summed E-state index contributed by atoms with van der Waals surface area (Å²) in [4.78, 5) is 12.3. The Kier molecular flexibility index (Phi) is 6.20. The first-order valence-corrected chi connectivity index (χ1v) is 17.6. The van der Waals surface area contributed by atoms with Crippen LogP contribution in [0.5, 0.6) is 0 Å². The van der Waals surface area contributed by atoms with Crippen LogP contribution in [-0.2, 0) is 0 Å². The van der Waals surface area contributed by atoms with Gasteiger partial charge in [0.05, 0.1) is 0 Å². The van der Waals surface area contributed by atoms with Crippen LogP contribution in [0.1, 0.15) is 30.7 Å². The molecule has 20 heavy (non-hydrogen) atoms. The van der Waals surface area contributed by atoms with E-state index >= 15 is 0 Å². The van der Waals surface area contributed by atoms with Crippen molar-refractivity contribution >= 4 is 35.3 Å². The Labute approximate surface area is 130 Å². The van der Waals surface area contributed by atoms with Gasteiger partial charge in [-0.15, -0.1) is 0 Å². The van der Waals surface area contributed by atoms with Gasteiger partial charge in [0.2, 0.25) is 0 Å². The van der Waals surface area contributed by atoms with Gasteiger partial charge in [-0.25, -0.2) is 0 Å². The number of aryl methyl sites for hydroxylation is 1. The van der Waals surface area contributed by atoms with Crippen molar-refractivity contribution in [1.82, 2.24) is 4.98 Å². The van der Waals surface area contributed by atoms with Crippen LogP contribution in [0.25, 0.3) is 5.57 Å². The van der Waals surface area contributed by atoms with Crippen molar-refractivity contribution < 1.29 is 4.39 Å². The van der Waals surface area contributed by atoms with Gasteiger partial charge in [0.1, 0.15) is 0 Å². The summed E-state index contributed by atoms with van der Waals surface area (Å²) in [5.41, 5.74) is 2.01. The van der Waals surface area contributed by atoms with Crippen LogP contribution >= 0.6 is 11.3 Å². The Bertz CT molecular complexity index is 566. The summed E-state index contributed by atoms with van der Waals surface area (Å²) in [5, 5.41) is 0.963. The summed E-state index contributed by atoms with van der Waals surface area (Å²) in [7, 11) is 0. The maximum atomic E-state index is 13.8. The van der Waals surface area contributed by atoms with Crippen LogP contribution in [0.2, 0.25) is 14.8 Å². The Hall–Kier alpha value is -0.421. The van der Waals surface area contributed by atoms with E-state index in [1.165, 1.54) is 27.4 Å². The van der Waals surface area contributed by atoms with E-state index in [0.717, 1.165) is 9.88 Å². The molecule has 1 nitrogen and oxygen atoms in total. The molecule has 0 aliphatic heterocycles. The number of nitrogens with zero attached hydrogens (tertiary/aromatic N) is 1. The van der Waals surface area contributed by atoms with Gasteiger partial charge < -0.3 is 0 Å². The summed E-state index contributed by atoms with van der Waals surface area (Å²) in [6.07, 6.45) is 5.80. The van der Waals surface area contributed by atoms with Crippen LogP contribution in [0.4, 0.5) is 4.39 Å². The fourth-order valence-electron chi connectivity index (χ4n) is 2.19. The van der Waals surface area contributed by atoms with Crippen molar-refractivity contribution in [1.29, 1.82) is 0 Å². The average Bonchev–Trinajstić information content (AvgIpc) is 2.67. The molecule has 4 heteroatoms. The van der Waals surface area contributed by atoms with E-state index in [1.807, 2.05) is 13.0 Å². The zero-order chi connectivity index (χ0) is 15.5. The maximum absolute atomic E-state index is 13.8. The summed E-state index contributed by atoms with van der Waals surface area (Å²) < 4.78 is 15.3. The van der Waals surface area contributed by atoms with E-state index in [4.69, 9.17) is 0 Å². The van der Waals surface area contributed by atoms with E-state index in [2.05, 4.69) is 39.7 Å². The van der Waals surface area contributed by atoms with E-state index in [-0.39, 0.29) is 5.83 Å². The van der Waals surface area contributed by atoms with Crippen molar-refractivity contribution in [2.24, 2.45) is 0 Å². The Balaban J connectivity index is 3.20. The van der Waals surface area contributed by atoms with Crippen LogP contribution in [0.3, 0.4) is 0 Å². The Morgan fingerprint density at radius 2 is 1.80 bits per heavy atom. The predicted molar refractivity (Wildman–Crippen MR) is 91.4 cm³/mol. The molecule has 0 bridgehead atoms. The molecule has 1 heterocycles. The summed E-state index contributed by atoms with van der Waals surface area (Å²) in [6.45, 7) is 7.74. The first kappa shape index (κ1) is 17.6. The zero-order valence-electron chi connectivity index (χ0n) is 13.5. The van der Waals surface area contributed by atoms with Crippen molar-refractivity contribution in [3.05, 3.63) is 43.2 Å². The first-order valence-electron chi connectivity index (χ1n) is 6.78. The fraction of sp³-hybridized carbons (Fsp3) is 0.438. The fourth-order valence-corrected chi connectivity index (χ4v) is 8.98. The van der Waals surface area contributed by atoms with Crippen LogP contribution in [-0.4, -0.2) is 23.4 Å². The topological polar surface area (TPSA) is 12.9 Å². The summed E-state index contributed by atoms with van der Waals surface area (Å²) in [5.74, 6) is -0.151. The standard InChI is InChI=1S/C13H15FNS.3CH3.Sn/c1-9(2)6-5-7-12(10(3)14)13-8-15-11(4)16-13;;;;/h5,7-8H,1-4H3;3*1H3;/b7-5-,12-10-;;;;. The van der Waals surface area contributed by atoms with Crippen LogP contribution < -0.4 is 0 Å². The first-order chi connectivity index (χ1) is 9.12. The van der Waals surface area contributed by atoms with Gasteiger partial charge in [-0.1, -0.05) is 0 Å². The Morgan fingerprint density at radius 3 is 2.15 bits per heavy atom. The molecule has 1 aromatic rings. The molecule has 0 radical (unpaired) electrons. The molecule has 0 fully saturated rings. The molecule has 0 spiro atoms. The molecule has 0 saturated carbocycles. The third-order valence-corrected chi connectivity index (χ3v) is 10.5. The van der Waals surface area contributed by atoms with Gasteiger partial charge in [-0.2, -0.15) is 0 Å². The third kappa shape index (κ3) is 4.85. The van der Waals surface area contributed by atoms with Gasteiger partial charge in [-0.05, 0) is 0 Å². The number of allylic oxidation sites excluding steroid dienone is 6. The monoisotopic (exact) mass is 401 g/mol. The van der Waals surface area contributed by atoms with Crippen molar-refractivity contribution in [3.63, 3.8) is 0 Å². The number of hydrogen-bond acceptors (Lipinski definition) is 2. The molecule has 110 valence electrons. The molecular weight excluding hydrogens is 376 g/mol. The number of rotatable bonds is 4. The molecule has 0 saturated heterocycles. The minimum atomic E-state index is -2.16. The van der Waals surface area contributed by atoms with Crippen molar-refractivity contribution in [3.8, 4) is 0 Å². The van der Waals surface area contributed by atoms with E-state index in [9.17, 15) is 4.39 Å². The zero-order valence-corrected chi connectivity index (χ0v) is 17.1. The van der Waals surface area contributed by atoms with E-state index in [0.29, 0.717) is 5.57 Å². The molecule has 0 aliphatic carbocycles. The number of thiazole rings is 1. The molecular formula is C16H24FNSSn. The van der Waals surface area contributed by atoms with Crippen LogP contribution in [0.15, 0.2) is 33.3 Å². The van der Waals surface area contributed by atoms with Gasteiger partial charge in [-0.3, -0.25) is 0 Å². The summed E-state index contributed by atoms with van der Waals surface area (Å²) in [6, 6.07) is 0. The molecule has 0 amide bonds. The van der Waals surface area contributed by atoms with E-state index in [1.54, 1.807) is 6.20 Å². The third-order valence-electron chi connectivity index (χ3n) is 3.02.